The molecule has 5 aliphatic rings. The predicted octanol–water partition coefficient (Wildman–Crippen LogP) is 3.99. The normalized spacial score (nSPS) is 29.8. The fourth-order valence-electron chi connectivity index (χ4n) is 9.02. The van der Waals surface area contributed by atoms with Gasteiger partial charge in [0.2, 0.25) is 5.95 Å². The first-order chi connectivity index (χ1) is 21.9. The first-order valence-corrected chi connectivity index (χ1v) is 16.5. The fourth-order valence-corrected chi connectivity index (χ4v) is 9.02. The van der Waals surface area contributed by atoms with Crippen molar-refractivity contribution >= 4 is 23.4 Å². The van der Waals surface area contributed by atoms with Crippen molar-refractivity contribution in [3.63, 3.8) is 0 Å². The van der Waals surface area contributed by atoms with Crippen LogP contribution in [-0.4, -0.2) is 87.6 Å². The van der Waals surface area contributed by atoms with Gasteiger partial charge in [-0.2, -0.15) is 0 Å². The predicted molar refractivity (Wildman–Crippen MR) is 171 cm³/mol. The Kier molecular flexibility index (Phi) is 7.04. The van der Waals surface area contributed by atoms with Crippen LogP contribution in [0, 0.1) is 11.3 Å². The highest BCUT2D eigenvalue weighted by atomic mass is 16.5. The van der Waals surface area contributed by atoms with Gasteiger partial charge in [0, 0.05) is 49.2 Å². The van der Waals surface area contributed by atoms with E-state index < -0.39 is 0 Å². The zero-order valence-electron chi connectivity index (χ0n) is 25.9. The van der Waals surface area contributed by atoms with Gasteiger partial charge < -0.3 is 30.3 Å². The molecule has 2 atom stereocenters. The van der Waals surface area contributed by atoms with E-state index in [0.29, 0.717) is 46.5 Å². The third kappa shape index (κ3) is 5.05. The van der Waals surface area contributed by atoms with E-state index in [0.717, 1.165) is 76.3 Å². The standard InChI is InChI=1S/C34H42N8O3/c1-45-32(44)22-13-34(14-22)15-26(16-34)40-10-8-21(9-11-40)23-17-36-33(37-18-23)42-24-6-7-25(42)20-41(19-24)29-12-28(38-39-31(29)35)27-4-2-3-5-30(27)43/h2-5,12,17-18,21-22,24-26,43H,6-11,13-16,19-20H2,1H3,(H2,35,39). The first-order valence-electron chi connectivity index (χ1n) is 16.5. The molecule has 0 radical (unpaired) electrons. The Labute approximate surface area is 263 Å². The highest BCUT2D eigenvalue weighted by Gasteiger charge is 2.56. The first kappa shape index (κ1) is 28.5. The van der Waals surface area contributed by atoms with Crippen LogP contribution < -0.4 is 15.5 Å². The number of benzene rings is 1. The molecule has 236 valence electrons. The number of piperazine rings is 1. The Balaban J connectivity index is 0.873. The van der Waals surface area contributed by atoms with Gasteiger partial charge in [-0.25, -0.2) is 9.97 Å². The van der Waals surface area contributed by atoms with Crippen LogP contribution in [0.1, 0.15) is 62.8 Å². The highest BCUT2D eigenvalue weighted by Crippen LogP contribution is 2.60. The van der Waals surface area contributed by atoms with Gasteiger partial charge in [0.05, 0.1) is 24.4 Å². The lowest BCUT2D eigenvalue weighted by Gasteiger charge is -2.60. The summed E-state index contributed by atoms with van der Waals surface area (Å²) < 4.78 is 4.93. The Morgan fingerprint density at radius 3 is 2.31 bits per heavy atom. The second-order valence-electron chi connectivity index (χ2n) is 14.0. The molecule has 1 spiro atoms. The van der Waals surface area contributed by atoms with Crippen LogP contribution in [0.3, 0.4) is 0 Å². The summed E-state index contributed by atoms with van der Waals surface area (Å²) >= 11 is 0. The molecule has 1 aromatic carbocycles. The number of carbonyl (C=O) groups is 1. The van der Waals surface area contributed by atoms with Crippen LogP contribution in [0.25, 0.3) is 11.3 Å². The number of piperidine rings is 1. The summed E-state index contributed by atoms with van der Waals surface area (Å²) in [6, 6.07) is 10.4. The Hall–Kier alpha value is -3.99. The van der Waals surface area contributed by atoms with Crippen molar-refractivity contribution < 1.29 is 14.6 Å². The number of aromatic hydroxyl groups is 1. The van der Waals surface area contributed by atoms with Crippen molar-refractivity contribution in [2.45, 2.75) is 75.4 Å². The molecule has 2 bridgehead atoms. The second kappa shape index (κ2) is 11.1. The van der Waals surface area contributed by atoms with Gasteiger partial charge in [-0.3, -0.25) is 4.79 Å². The van der Waals surface area contributed by atoms with Crippen molar-refractivity contribution in [3.05, 3.63) is 48.3 Å². The van der Waals surface area contributed by atoms with Crippen LogP contribution in [0.2, 0.25) is 0 Å². The molecule has 3 aromatic rings. The lowest BCUT2D eigenvalue weighted by molar-refractivity contribution is -0.163. The van der Waals surface area contributed by atoms with Gasteiger partial charge in [-0.05, 0) is 99.6 Å². The fraction of sp³-hybridized carbons (Fsp3) is 0.559. The summed E-state index contributed by atoms with van der Waals surface area (Å²) in [6.07, 6.45) is 13.1. The van der Waals surface area contributed by atoms with E-state index in [2.05, 4.69) is 37.3 Å². The molecule has 2 aliphatic carbocycles. The maximum Gasteiger partial charge on any atom is 0.308 e. The van der Waals surface area contributed by atoms with Crippen LogP contribution in [0.15, 0.2) is 42.7 Å². The van der Waals surface area contributed by atoms with Crippen molar-refractivity contribution in [1.82, 2.24) is 25.1 Å². The van der Waals surface area contributed by atoms with Crippen molar-refractivity contribution in [2.24, 2.45) is 11.3 Å². The van der Waals surface area contributed by atoms with Crippen molar-refractivity contribution in [1.29, 1.82) is 0 Å². The third-order valence-corrected chi connectivity index (χ3v) is 11.4. The Morgan fingerprint density at radius 2 is 1.64 bits per heavy atom. The second-order valence-corrected chi connectivity index (χ2v) is 14.0. The zero-order chi connectivity index (χ0) is 30.7. The lowest BCUT2D eigenvalue weighted by Crippen LogP contribution is -2.58. The summed E-state index contributed by atoms with van der Waals surface area (Å²) in [7, 11) is 1.50. The van der Waals surface area contributed by atoms with Gasteiger partial charge in [-0.15, -0.1) is 10.2 Å². The van der Waals surface area contributed by atoms with E-state index in [1.54, 1.807) is 12.1 Å². The molecule has 8 rings (SSSR count). The average Bonchev–Trinajstić information content (AvgIpc) is 3.29. The number of nitrogens with two attached hydrogens (primary N) is 1. The minimum Gasteiger partial charge on any atom is -0.507 e. The minimum absolute atomic E-state index is 0.0269. The summed E-state index contributed by atoms with van der Waals surface area (Å²) in [5.74, 6) is 2.01. The number of anilines is 3. The van der Waals surface area contributed by atoms with Crippen molar-refractivity contribution in [3.8, 4) is 17.0 Å². The number of carbonyl (C=O) groups excluding carboxylic acids is 1. The number of likely N-dealkylation sites (tertiary alicyclic amines) is 1. The molecule has 5 heterocycles. The topological polar surface area (TPSA) is 134 Å². The molecule has 11 nitrogen and oxygen atoms in total. The maximum absolute atomic E-state index is 11.8. The van der Waals surface area contributed by atoms with Gasteiger partial charge in [0.15, 0.2) is 5.82 Å². The van der Waals surface area contributed by atoms with Gasteiger partial charge in [-0.1, -0.05) is 12.1 Å². The molecule has 45 heavy (non-hydrogen) atoms. The molecule has 0 amide bonds. The molecule has 2 saturated carbocycles. The number of methoxy groups -OCH3 is 1. The van der Waals surface area contributed by atoms with Crippen LogP contribution in [0.5, 0.6) is 5.75 Å². The zero-order valence-corrected chi connectivity index (χ0v) is 25.9. The Bertz CT molecular complexity index is 1550. The van der Waals surface area contributed by atoms with Gasteiger partial charge in [0.25, 0.3) is 0 Å². The molecule has 5 fully saturated rings. The monoisotopic (exact) mass is 610 g/mol. The summed E-state index contributed by atoms with van der Waals surface area (Å²) in [5.41, 5.74) is 10.1. The molecule has 11 heteroatoms. The highest BCUT2D eigenvalue weighted by molar-refractivity contribution is 5.75. The number of nitrogen functional groups attached to an aromatic ring is 1. The number of ether oxygens (including phenoxy) is 1. The number of para-hydroxylation sites is 1. The smallest absolute Gasteiger partial charge is 0.308 e. The third-order valence-electron chi connectivity index (χ3n) is 11.4. The number of phenolic OH excluding ortho intramolecular Hbond substituents is 1. The molecule has 2 unspecified atom stereocenters. The van der Waals surface area contributed by atoms with E-state index in [9.17, 15) is 9.90 Å². The number of fused-ring (bicyclic) bond motifs is 2. The number of rotatable bonds is 6. The molecule has 3 aliphatic heterocycles. The van der Waals surface area contributed by atoms with E-state index in [1.807, 2.05) is 18.2 Å². The lowest BCUT2D eigenvalue weighted by atomic mass is 9.49. The molecular weight excluding hydrogens is 568 g/mol. The molecular formula is C34H42N8O3. The number of phenols is 1. The van der Waals surface area contributed by atoms with E-state index in [1.165, 1.54) is 25.5 Å². The quantitative estimate of drug-likeness (QED) is 0.393. The summed E-state index contributed by atoms with van der Waals surface area (Å²) in [6.45, 7) is 3.86. The molecule has 3 saturated heterocycles. The minimum atomic E-state index is -0.0269. The summed E-state index contributed by atoms with van der Waals surface area (Å²) in [4.78, 5) is 29.0. The van der Waals surface area contributed by atoms with E-state index in [-0.39, 0.29) is 17.6 Å². The Morgan fingerprint density at radius 1 is 0.956 bits per heavy atom. The van der Waals surface area contributed by atoms with E-state index in [4.69, 9.17) is 20.4 Å². The maximum atomic E-state index is 11.8. The number of nitrogens with zero attached hydrogens (tertiary/aromatic N) is 7. The number of hydrogen-bond acceptors (Lipinski definition) is 11. The van der Waals surface area contributed by atoms with Crippen molar-refractivity contribution in [2.75, 3.05) is 48.8 Å². The SMILES string of the molecule is COC(=O)C1CC2(C1)CC(N1CCC(c3cnc(N4C5CCC4CN(c4cc(-c6ccccc6O)nnc4N)C5)nc3)CC1)C2. The average molecular weight is 611 g/mol. The van der Waals surface area contributed by atoms with Crippen LogP contribution in [-0.2, 0) is 9.53 Å². The van der Waals surface area contributed by atoms with Gasteiger partial charge >= 0.3 is 5.97 Å². The van der Waals surface area contributed by atoms with Crippen LogP contribution in [0.4, 0.5) is 17.5 Å². The van der Waals surface area contributed by atoms with E-state index >= 15 is 0 Å². The molecule has 3 N–H and O–H groups in total. The largest absolute Gasteiger partial charge is 0.507 e. The summed E-state index contributed by atoms with van der Waals surface area (Å²) in [5, 5.41) is 18.8. The molecule has 2 aromatic heterocycles. The van der Waals surface area contributed by atoms with Crippen LogP contribution >= 0.6 is 0 Å². The number of esters is 1. The number of hydrogen-bond donors (Lipinski definition) is 2. The number of aromatic nitrogens is 4. The van der Waals surface area contributed by atoms with Gasteiger partial charge in [0.1, 0.15) is 5.75 Å².